The van der Waals surface area contributed by atoms with Crippen LogP contribution >= 0.6 is 11.6 Å². The fraction of sp³-hybridized carbons (Fsp3) is 0.0606. The van der Waals surface area contributed by atoms with E-state index in [1.54, 1.807) is 0 Å². The molecule has 1 unspecified atom stereocenters. The summed E-state index contributed by atoms with van der Waals surface area (Å²) in [6.45, 7) is 0. The maximum atomic E-state index is 6.35. The molecule has 1 atom stereocenters. The number of hydrogen-bond acceptors (Lipinski definition) is 3. The minimum Gasteiger partial charge on any atom is -0.208 e. The first-order valence-electron chi connectivity index (χ1n) is 12.3. The largest absolute Gasteiger partial charge is 0.226 e. The van der Waals surface area contributed by atoms with Crippen LogP contribution in [0.15, 0.2) is 127 Å². The summed E-state index contributed by atoms with van der Waals surface area (Å²) in [5.74, 6) is 1.47. The molecule has 6 rings (SSSR count). The van der Waals surface area contributed by atoms with Crippen LogP contribution in [-0.4, -0.2) is 15.0 Å². The molecule has 0 aliphatic heterocycles. The van der Waals surface area contributed by atoms with E-state index in [9.17, 15) is 0 Å². The number of nitrogens with zero attached hydrogens (tertiary/aromatic N) is 3. The lowest BCUT2D eigenvalue weighted by atomic mass is 9.89. The molecule has 1 aliphatic rings. The van der Waals surface area contributed by atoms with Crippen molar-refractivity contribution in [2.75, 3.05) is 0 Å². The maximum absolute atomic E-state index is 6.35. The number of rotatable bonds is 5. The first kappa shape index (κ1) is 23.1. The van der Waals surface area contributed by atoms with Gasteiger partial charge in [0.25, 0.3) is 0 Å². The lowest BCUT2D eigenvalue weighted by Crippen LogP contribution is -2.03. The fourth-order valence-electron chi connectivity index (χ4n) is 4.66. The van der Waals surface area contributed by atoms with Crippen LogP contribution in [0, 0.1) is 0 Å². The van der Waals surface area contributed by atoms with E-state index in [1.165, 1.54) is 16.7 Å². The van der Waals surface area contributed by atoms with E-state index in [1.807, 2.05) is 36.4 Å². The Morgan fingerprint density at radius 3 is 1.84 bits per heavy atom. The topological polar surface area (TPSA) is 38.7 Å². The van der Waals surface area contributed by atoms with Crippen LogP contribution < -0.4 is 0 Å². The molecule has 4 heteroatoms. The highest BCUT2D eigenvalue weighted by Gasteiger charge is 2.16. The second-order valence-electron chi connectivity index (χ2n) is 9.05. The van der Waals surface area contributed by atoms with Crippen molar-refractivity contribution in [1.82, 2.24) is 15.0 Å². The molecule has 3 nitrogen and oxygen atoms in total. The second kappa shape index (κ2) is 10.3. The molecule has 178 valence electrons. The molecule has 0 saturated carbocycles. The molecule has 0 N–H and O–H groups in total. The van der Waals surface area contributed by atoms with Crippen LogP contribution in [0.4, 0.5) is 0 Å². The van der Waals surface area contributed by atoms with Gasteiger partial charge >= 0.3 is 0 Å². The highest BCUT2D eigenvalue weighted by molar-refractivity contribution is 6.28. The molecule has 37 heavy (non-hydrogen) atoms. The minimum absolute atomic E-state index is 0.193. The summed E-state index contributed by atoms with van der Waals surface area (Å²) < 4.78 is 0. The van der Waals surface area contributed by atoms with Gasteiger partial charge in [-0.1, -0.05) is 121 Å². The normalized spacial score (nSPS) is 14.8. The number of halogens is 1. The molecular formula is C33H24ClN3. The van der Waals surface area contributed by atoms with Gasteiger partial charge in [-0.05, 0) is 51.9 Å². The Hall–Kier alpha value is -4.34. The van der Waals surface area contributed by atoms with E-state index in [2.05, 4.69) is 101 Å². The van der Waals surface area contributed by atoms with Crippen molar-refractivity contribution < 1.29 is 0 Å². The Labute approximate surface area is 221 Å². The third-order valence-corrected chi connectivity index (χ3v) is 6.81. The quantitative estimate of drug-likeness (QED) is 0.244. The van der Waals surface area contributed by atoms with Gasteiger partial charge in [0.15, 0.2) is 11.6 Å². The van der Waals surface area contributed by atoms with Gasteiger partial charge in [0.1, 0.15) is 0 Å². The van der Waals surface area contributed by atoms with Gasteiger partial charge in [-0.3, -0.25) is 0 Å². The highest BCUT2D eigenvalue weighted by atomic mass is 35.5. The predicted molar refractivity (Wildman–Crippen MR) is 152 cm³/mol. The second-order valence-corrected chi connectivity index (χ2v) is 9.39. The van der Waals surface area contributed by atoms with Crippen LogP contribution in [0.1, 0.15) is 23.7 Å². The van der Waals surface area contributed by atoms with E-state index in [-0.39, 0.29) is 5.28 Å². The van der Waals surface area contributed by atoms with Gasteiger partial charge in [0.2, 0.25) is 5.28 Å². The Kier molecular flexibility index (Phi) is 6.45. The molecule has 0 bridgehead atoms. The molecule has 0 amide bonds. The first-order chi connectivity index (χ1) is 18.2. The number of allylic oxidation sites excluding steroid dienone is 4. The predicted octanol–water partition coefficient (Wildman–Crippen LogP) is 8.65. The molecule has 0 spiro atoms. The van der Waals surface area contributed by atoms with Gasteiger partial charge < -0.3 is 0 Å². The molecule has 1 aromatic heterocycles. The van der Waals surface area contributed by atoms with Gasteiger partial charge in [-0.2, -0.15) is 9.97 Å². The summed E-state index contributed by atoms with van der Waals surface area (Å²) in [6.07, 6.45) is 7.37. The molecule has 0 saturated heterocycles. The summed E-state index contributed by atoms with van der Waals surface area (Å²) in [7, 11) is 0. The maximum Gasteiger partial charge on any atom is 0.226 e. The summed E-state index contributed by atoms with van der Waals surface area (Å²) in [6, 6.07) is 37.7. The SMILES string of the molecule is Clc1nc(C2=CCC(c3ccc(-c4ccccc4)cc3)C=C2)nc(-c2cccc(-c3ccccc3)c2)n1. The van der Waals surface area contributed by atoms with Crippen LogP contribution in [0.5, 0.6) is 0 Å². The van der Waals surface area contributed by atoms with Crippen molar-refractivity contribution in [3.63, 3.8) is 0 Å². The number of aromatic nitrogens is 3. The van der Waals surface area contributed by atoms with Gasteiger partial charge in [-0.15, -0.1) is 0 Å². The van der Waals surface area contributed by atoms with Crippen molar-refractivity contribution >= 4 is 17.2 Å². The molecular weight excluding hydrogens is 474 g/mol. The molecule has 5 aromatic rings. The zero-order chi connectivity index (χ0) is 25.0. The van der Waals surface area contributed by atoms with Crippen LogP contribution in [0.2, 0.25) is 5.28 Å². The minimum atomic E-state index is 0.193. The Balaban J connectivity index is 1.22. The third kappa shape index (κ3) is 5.13. The molecule has 1 aliphatic carbocycles. The molecule has 0 fully saturated rings. The number of benzene rings is 4. The highest BCUT2D eigenvalue weighted by Crippen LogP contribution is 2.32. The van der Waals surface area contributed by atoms with E-state index >= 15 is 0 Å². The van der Waals surface area contributed by atoms with Gasteiger partial charge in [-0.25, -0.2) is 4.98 Å². The molecule has 0 radical (unpaired) electrons. The molecule has 1 heterocycles. The monoisotopic (exact) mass is 497 g/mol. The average Bonchev–Trinajstić information content (AvgIpc) is 2.98. The van der Waals surface area contributed by atoms with Gasteiger partial charge in [0, 0.05) is 17.1 Å². The Morgan fingerprint density at radius 2 is 1.16 bits per heavy atom. The van der Waals surface area contributed by atoms with Gasteiger partial charge in [0.05, 0.1) is 0 Å². The average molecular weight is 498 g/mol. The number of hydrogen-bond donors (Lipinski definition) is 0. The van der Waals surface area contributed by atoms with E-state index in [4.69, 9.17) is 16.6 Å². The van der Waals surface area contributed by atoms with E-state index in [0.29, 0.717) is 17.6 Å². The fourth-order valence-corrected chi connectivity index (χ4v) is 4.82. The van der Waals surface area contributed by atoms with Crippen molar-refractivity contribution in [2.24, 2.45) is 0 Å². The van der Waals surface area contributed by atoms with Crippen molar-refractivity contribution in [3.05, 3.63) is 144 Å². The van der Waals surface area contributed by atoms with E-state index in [0.717, 1.165) is 28.7 Å². The third-order valence-electron chi connectivity index (χ3n) is 6.64. The standard InChI is InChI=1S/C33H24ClN3/c34-33-36-31(35-32(37-33)30-13-7-12-29(22-30)24-10-5-2-6-11-24)28-20-18-27(19-21-28)26-16-14-25(15-17-26)23-8-3-1-4-9-23/h1-18,20-22,27H,19H2. The summed E-state index contributed by atoms with van der Waals surface area (Å²) in [5.41, 5.74) is 7.86. The van der Waals surface area contributed by atoms with Crippen molar-refractivity contribution in [2.45, 2.75) is 12.3 Å². The Bertz CT molecular complexity index is 1590. The van der Waals surface area contributed by atoms with Crippen molar-refractivity contribution in [3.8, 4) is 33.6 Å². The van der Waals surface area contributed by atoms with Crippen LogP contribution in [-0.2, 0) is 0 Å². The molecule has 4 aromatic carbocycles. The lowest BCUT2D eigenvalue weighted by molar-refractivity contribution is 0.854. The van der Waals surface area contributed by atoms with E-state index < -0.39 is 0 Å². The summed E-state index contributed by atoms with van der Waals surface area (Å²) >= 11 is 6.35. The lowest BCUT2D eigenvalue weighted by Gasteiger charge is -2.17. The summed E-state index contributed by atoms with van der Waals surface area (Å²) in [5, 5.41) is 0.193. The first-order valence-corrected chi connectivity index (χ1v) is 12.7. The van der Waals surface area contributed by atoms with Crippen LogP contribution in [0.3, 0.4) is 0 Å². The zero-order valence-electron chi connectivity index (χ0n) is 20.1. The smallest absolute Gasteiger partial charge is 0.208 e. The summed E-state index contributed by atoms with van der Waals surface area (Å²) in [4.78, 5) is 13.6. The van der Waals surface area contributed by atoms with Crippen LogP contribution in [0.25, 0.3) is 39.2 Å². The Morgan fingerprint density at radius 1 is 0.568 bits per heavy atom. The van der Waals surface area contributed by atoms with Crippen molar-refractivity contribution in [1.29, 1.82) is 0 Å². The zero-order valence-corrected chi connectivity index (χ0v) is 20.9.